The van der Waals surface area contributed by atoms with Crippen LogP contribution in [-0.2, 0) is 17.1 Å². The van der Waals surface area contributed by atoms with Crippen molar-refractivity contribution in [1.82, 2.24) is 14.5 Å². The van der Waals surface area contributed by atoms with Crippen molar-refractivity contribution in [3.63, 3.8) is 0 Å². The Bertz CT molecular complexity index is 479. The van der Waals surface area contributed by atoms with Crippen LogP contribution in [-0.4, -0.2) is 36.5 Å². The molecule has 104 valence electrons. The van der Waals surface area contributed by atoms with E-state index in [1.165, 1.54) is 17.1 Å². The van der Waals surface area contributed by atoms with Gasteiger partial charge in [0.25, 0.3) is 0 Å². The number of aryl methyl sites for hydroxylation is 1. The molecule has 0 atom stereocenters. The molecule has 7 heteroatoms. The van der Waals surface area contributed by atoms with E-state index in [1.54, 1.807) is 7.05 Å². The first kappa shape index (κ1) is 15.1. The minimum absolute atomic E-state index is 0.124. The molecule has 0 aliphatic rings. The van der Waals surface area contributed by atoms with E-state index in [2.05, 4.69) is 9.82 Å². The second-order valence-electron chi connectivity index (χ2n) is 5.17. The Morgan fingerprint density at radius 2 is 2.17 bits per heavy atom. The quantitative estimate of drug-likeness (QED) is 0.759. The van der Waals surface area contributed by atoms with Crippen LogP contribution in [0.4, 0.5) is 0 Å². The maximum absolute atomic E-state index is 12.0. The smallest absolute Gasteiger partial charge is 0.243 e. The first-order chi connectivity index (χ1) is 8.27. The van der Waals surface area contributed by atoms with E-state index in [0.29, 0.717) is 13.0 Å². The second-order valence-corrected chi connectivity index (χ2v) is 6.93. The molecule has 1 aromatic rings. The summed E-state index contributed by atoms with van der Waals surface area (Å²) in [6.07, 6.45) is 4.22. The molecule has 1 heterocycles. The highest BCUT2D eigenvalue weighted by Crippen LogP contribution is 2.21. The van der Waals surface area contributed by atoms with Gasteiger partial charge in [-0.05, 0) is 18.3 Å². The highest BCUT2D eigenvalue weighted by molar-refractivity contribution is 7.89. The third-order valence-electron chi connectivity index (χ3n) is 2.74. The number of aromatic nitrogens is 2. The molecule has 0 unspecified atom stereocenters. The van der Waals surface area contributed by atoms with Gasteiger partial charge in [0.15, 0.2) is 0 Å². The number of aliphatic hydroxyl groups is 1. The number of aliphatic hydroxyl groups excluding tert-OH is 1. The number of hydrogen-bond acceptors (Lipinski definition) is 4. The van der Waals surface area contributed by atoms with Gasteiger partial charge in [0, 0.05) is 26.4 Å². The van der Waals surface area contributed by atoms with Gasteiger partial charge in [-0.1, -0.05) is 13.8 Å². The average molecular weight is 275 g/mol. The Hall–Kier alpha value is -0.920. The Morgan fingerprint density at radius 1 is 1.50 bits per heavy atom. The second kappa shape index (κ2) is 5.81. The van der Waals surface area contributed by atoms with Crippen molar-refractivity contribution in [2.24, 2.45) is 12.5 Å². The van der Waals surface area contributed by atoms with Crippen LogP contribution in [0.1, 0.15) is 26.7 Å². The molecule has 18 heavy (non-hydrogen) atoms. The molecule has 0 saturated heterocycles. The van der Waals surface area contributed by atoms with Gasteiger partial charge >= 0.3 is 0 Å². The van der Waals surface area contributed by atoms with Crippen LogP contribution in [0.5, 0.6) is 0 Å². The standard InChI is InChI=1S/C11H21N3O3S/c1-11(2,5-4-6-15)9-13-18(16,17)10-7-12-14(3)8-10/h7-8,13,15H,4-6,9H2,1-3H3. The third-order valence-corrected chi connectivity index (χ3v) is 4.10. The van der Waals surface area contributed by atoms with E-state index in [9.17, 15) is 8.42 Å². The Balaban J connectivity index is 2.62. The van der Waals surface area contributed by atoms with E-state index < -0.39 is 10.0 Å². The first-order valence-electron chi connectivity index (χ1n) is 5.86. The summed E-state index contributed by atoms with van der Waals surface area (Å²) in [5, 5.41) is 12.6. The summed E-state index contributed by atoms with van der Waals surface area (Å²) in [6.45, 7) is 4.39. The maximum atomic E-state index is 12.0. The zero-order valence-electron chi connectivity index (χ0n) is 11.0. The summed E-state index contributed by atoms with van der Waals surface area (Å²) < 4.78 is 27.9. The topological polar surface area (TPSA) is 84.2 Å². The average Bonchev–Trinajstić information content (AvgIpc) is 2.72. The summed E-state index contributed by atoms with van der Waals surface area (Å²) in [6, 6.07) is 0. The Morgan fingerprint density at radius 3 is 2.67 bits per heavy atom. The predicted octanol–water partition coefficient (Wildman–Crippen LogP) is 0.497. The van der Waals surface area contributed by atoms with Crippen molar-refractivity contribution >= 4 is 10.0 Å². The van der Waals surface area contributed by atoms with Crippen LogP contribution in [0.25, 0.3) is 0 Å². The molecule has 0 amide bonds. The van der Waals surface area contributed by atoms with E-state index in [4.69, 9.17) is 5.11 Å². The molecule has 0 saturated carbocycles. The fraction of sp³-hybridized carbons (Fsp3) is 0.727. The number of sulfonamides is 1. The molecule has 0 aromatic carbocycles. The van der Waals surface area contributed by atoms with Gasteiger partial charge < -0.3 is 5.11 Å². The minimum Gasteiger partial charge on any atom is -0.396 e. The third kappa shape index (κ3) is 4.40. The number of nitrogens with one attached hydrogen (secondary N) is 1. The van der Waals surface area contributed by atoms with Gasteiger partial charge in [0.1, 0.15) is 4.90 Å². The zero-order chi connectivity index (χ0) is 13.8. The van der Waals surface area contributed by atoms with Gasteiger partial charge in [-0.3, -0.25) is 4.68 Å². The molecule has 0 radical (unpaired) electrons. The molecule has 2 N–H and O–H groups in total. The summed E-state index contributed by atoms with van der Waals surface area (Å²) in [5.74, 6) is 0. The van der Waals surface area contributed by atoms with Gasteiger partial charge in [0.2, 0.25) is 10.0 Å². The van der Waals surface area contributed by atoms with Crippen LogP contribution >= 0.6 is 0 Å². The molecule has 0 bridgehead atoms. The fourth-order valence-electron chi connectivity index (χ4n) is 1.56. The van der Waals surface area contributed by atoms with Crippen molar-refractivity contribution in [3.8, 4) is 0 Å². The Labute approximate surface area is 108 Å². The molecule has 1 rings (SSSR count). The summed E-state index contributed by atoms with van der Waals surface area (Å²) in [4.78, 5) is 0.169. The summed E-state index contributed by atoms with van der Waals surface area (Å²) >= 11 is 0. The van der Waals surface area contributed by atoms with E-state index in [0.717, 1.165) is 6.42 Å². The molecule has 0 aliphatic carbocycles. The molecule has 0 spiro atoms. The Kier molecular flexibility index (Phi) is 4.89. The molecule has 0 aliphatic heterocycles. The minimum atomic E-state index is -3.49. The predicted molar refractivity (Wildman–Crippen MR) is 68.5 cm³/mol. The molecule has 0 fully saturated rings. The van der Waals surface area contributed by atoms with Crippen LogP contribution in [0.15, 0.2) is 17.3 Å². The van der Waals surface area contributed by atoms with E-state index >= 15 is 0 Å². The lowest BCUT2D eigenvalue weighted by atomic mass is 9.88. The molecular formula is C11H21N3O3S. The normalized spacial score (nSPS) is 12.9. The lowest BCUT2D eigenvalue weighted by molar-refractivity contribution is 0.242. The zero-order valence-corrected chi connectivity index (χ0v) is 11.9. The number of hydrogen-bond donors (Lipinski definition) is 2. The lowest BCUT2D eigenvalue weighted by Crippen LogP contribution is -2.34. The van der Waals surface area contributed by atoms with Gasteiger partial charge in [-0.15, -0.1) is 0 Å². The highest BCUT2D eigenvalue weighted by atomic mass is 32.2. The summed E-state index contributed by atoms with van der Waals surface area (Å²) in [7, 11) is -1.82. The van der Waals surface area contributed by atoms with Gasteiger partial charge in [0.05, 0.1) is 6.20 Å². The largest absolute Gasteiger partial charge is 0.396 e. The van der Waals surface area contributed by atoms with Crippen molar-refractivity contribution in [2.45, 2.75) is 31.6 Å². The van der Waals surface area contributed by atoms with Crippen molar-refractivity contribution in [1.29, 1.82) is 0 Å². The van der Waals surface area contributed by atoms with Crippen LogP contribution in [0.2, 0.25) is 0 Å². The molecule has 6 nitrogen and oxygen atoms in total. The lowest BCUT2D eigenvalue weighted by Gasteiger charge is -2.24. The monoisotopic (exact) mass is 275 g/mol. The number of nitrogens with zero attached hydrogens (tertiary/aromatic N) is 2. The van der Waals surface area contributed by atoms with Crippen molar-refractivity contribution < 1.29 is 13.5 Å². The molecule has 1 aromatic heterocycles. The number of rotatable bonds is 7. The SMILES string of the molecule is Cn1cc(S(=O)(=O)NCC(C)(C)CCCO)cn1. The summed E-state index contributed by atoms with van der Waals surface area (Å²) in [5.41, 5.74) is -0.183. The van der Waals surface area contributed by atoms with Crippen LogP contribution in [0, 0.1) is 5.41 Å². The van der Waals surface area contributed by atoms with Gasteiger partial charge in [-0.2, -0.15) is 5.10 Å². The maximum Gasteiger partial charge on any atom is 0.243 e. The van der Waals surface area contributed by atoms with Crippen molar-refractivity contribution in [3.05, 3.63) is 12.4 Å². The molecular weight excluding hydrogens is 254 g/mol. The fourth-order valence-corrected chi connectivity index (χ4v) is 2.78. The van der Waals surface area contributed by atoms with Crippen molar-refractivity contribution in [2.75, 3.05) is 13.2 Å². The van der Waals surface area contributed by atoms with Gasteiger partial charge in [-0.25, -0.2) is 13.1 Å². The first-order valence-corrected chi connectivity index (χ1v) is 7.34. The van der Waals surface area contributed by atoms with Crippen LogP contribution in [0.3, 0.4) is 0 Å². The van der Waals surface area contributed by atoms with Crippen LogP contribution < -0.4 is 4.72 Å². The van der Waals surface area contributed by atoms with E-state index in [1.807, 2.05) is 13.8 Å². The van der Waals surface area contributed by atoms with E-state index in [-0.39, 0.29) is 16.9 Å². The highest BCUT2D eigenvalue weighted by Gasteiger charge is 2.22.